The number of carbonyl (C=O) groups is 1. The molecule has 3 saturated carbocycles. The molecule has 1 atom stereocenters. The van der Waals surface area contributed by atoms with Crippen LogP contribution < -0.4 is 9.80 Å². The van der Waals surface area contributed by atoms with Crippen LogP contribution in [0.25, 0.3) is 0 Å². The molecule has 1 unspecified atom stereocenters. The Labute approximate surface area is 359 Å². The second-order valence-corrected chi connectivity index (χ2v) is 23.4. The number of nitrogens with zero attached hydrogens (tertiary/aromatic N) is 3. The van der Waals surface area contributed by atoms with Gasteiger partial charge in [0.25, 0.3) is 0 Å². The molecule has 4 fully saturated rings. The van der Waals surface area contributed by atoms with Crippen molar-refractivity contribution in [2.24, 2.45) is 0 Å². The van der Waals surface area contributed by atoms with E-state index in [2.05, 4.69) is 119 Å². The summed E-state index contributed by atoms with van der Waals surface area (Å²) in [6.07, 6.45) is 21.5. The molecule has 2 aromatic carbocycles. The zero-order chi connectivity index (χ0) is 38.7. The van der Waals surface area contributed by atoms with E-state index in [-0.39, 0.29) is 23.1 Å². The molecule has 2 aromatic rings. The standard InChI is InChI=1S/C44H58Br2N3OP.2ClH.Ru/c1-28-23-30(3)40(31(4)24-28)48-42(45)43(46)49(41-32(5)25-29(2)26-33(41)6)44(48)36-19-13-20-38(37(36)27-47-22-14-21-39(47)50)51(34-15-9-7-10-16-34)35-17-11-8-12-18-35;;;/h23-27,34-35,38H,7-22H2,1-6H3;2*1H;/q;;;+2/p-2. The molecule has 5 aliphatic rings. The van der Waals surface area contributed by atoms with Crippen molar-refractivity contribution < 1.29 is 19.9 Å². The summed E-state index contributed by atoms with van der Waals surface area (Å²) in [5.74, 6) is 1.54. The summed E-state index contributed by atoms with van der Waals surface area (Å²) >= 11 is 8.04. The van der Waals surface area contributed by atoms with Crippen LogP contribution in [-0.4, -0.2) is 34.3 Å². The Morgan fingerprint density at radius 3 is 1.52 bits per heavy atom. The number of aryl methyl sites for hydroxylation is 6. The van der Waals surface area contributed by atoms with Crippen molar-refractivity contribution in [3.8, 4) is 0 Å². The van der Waals surface area contributed by atoms with E-state index in [0.717, 1.165) is 39.9 Å². The molecule has 0 N–H and O–H groups in total. The number of amides is 1. The summed E-state index contributed by atoms with van der Waals surface area (Å²) in [5, 5.41) is 0. The van der Waals surface area contributed by atoms with Crippen LogP contribution in [0.1, 0.15) is 130 Å². The molecule has 296 valence electrons. The minimum atomic E-state index is -0.346. The van der Waals surface area contributed by atoms with Gasteiger partial charge in [0.05, 0.1) is 11.4 Å². The van der Waals surface area contributed by atoms with E-state index < -0.39 is 0 Å². The van der Waals surface area contributed by atoms with Gasteiger partial charge in [0, 0.05) is 24.8 Å². The normalized spacial score (nSPS) is 22.7. The SMILES string of the molecule is Cc1cc(C)c(N2C(Br)=C(Br)N(c3c(C)cc(C)cc3C)C2=C2CCCC(P(C3CCCCC3)C3CCCCC3)C2=CN2CCCC2=O)c(C)c1.[Cl][Ru][Cl]. The number of carbonyl (C=O) groups excluding carboxylic acids is 1. The predicted molar refractivity (Wildman–Crippen MR) is 237 cm³/mol. The first kappa shape index (κ1) is 42.9. The second-order valence-electron chi connectivity index (χ2n) is 16.3. The maximum atomic E-state index is 13.5. The van der Waals surface area contributed by atoms with E-state index in [1.165, 1.54) is 139 Å². The van der Waals surface area contributed by atoms with Gasteiger partial charge in [-0.25, -0.2) is 0 Å². The molecule has 0 aromatic heterocycles. The Hall–Kier alpha value is -0.677. The first-order chi connectivity index (χ1) is 26.0. The number of hydrogen-bond donors (Lipinski definition) is 0. The number of likely N-dealkylation sites (tertiary alicyclic amines) is 1. The van der Waals surface area contributed by atoms with Crippen LogP contribution in [0.3, 0.4) is 0 Å². The van der Waals surface area contributed by atoms with Crippen LogP contribution in [0.4, 0.5) is 11.4 Å². The van der Waals surface area contributed by atoms with Crippen LogP contribution in [0, 0.1) is 41.5 Å². The summed E-state index contributed by atoms with van der Waals surface area (Å²) in [4.78, 5) is 20.7. The number of halogens is 4. The van der Waals surface area contributed by atoms with Gasteiger partial charge in [-0.1, -0.05) is 81.8 Å². The molecule has 4 nitrogen and oxygen atoms in total. The van der Waals surface area contributed by atoms with Crippen molar-refractivity contribution in [2.75, 3.05) is 16.3 Å². The zero-order valence-electron chi connectivity index (χ0n) is 33.0. The third-order valence-corrected chi connectivity index (χ3v) is 18.3. The third-order valence-electron chi connectivity index (χ3n) is 12.3. The van der Waals surface area contributed by atoms with Crippen LogP contribution in [-0.2, 0) is 19.9 Å². The summed E-state index contributed by atoms with van der Waals surface area (Å²) < 4.78 is 2.08. The molecule has 1 amide bonds. The quantitative estimate of drug-likeness (QED) is 0.164. The van der Waals surface area contributed by atoms with Gasteiger partial charge in [-0.2, -0.15) is 0 Å². The first-order valence-electron chi connectivity index (χ1n) is 20.1. The molecule has 0 bridgehead atoms. The first-order valence-corrected chi connectivity index (χ1v) is 27.8. The van der Waals surface area contributed by atoms with E-state index in [0.29, 0.717) is 18.0 Å². The topological polar surface area (TPSA) is 26.8 Å². The van der Waals surface area contributed by atoms with E-state index in [4.69, 9.17) is 19.4 Å². The molecular weight excluding hydrogens is 949 g/mol. The van der Waals surface area contributed by atoms with Gasteiger partial charge in [-0.15, -0.1) is 0 Å². The van der Waals surface area contributed by atoms with Crippen molar-refractivity contribution in [2.45, 2.75) is 155 Å². The molecule has 54 heavy (non-hydrogen) atoms. The fraction of sp³-hybridized carbons (Fsp3) is 0.568. The Morgan fingerprint density at radius 2 is 1.11 bits per heavy atom. The van der Waals surface area contributed by atoms with Gasteiger partial charge in [-0.3, -0.25) is 14.6 Å². The summed E-state index contributed by atoms with van der Waals surface area (Å²) in [7, 11) is 9.47. The predicted octanol–water partition coefficient (Wildman–Crippen LogP) is 14.6. The fourth-order valence-electron chi connectivity index (χ4n) is 10.4. The van der Waals surface area contributed by atoms with E-state index in [9.17, 15) is 4.79 Å². The fourth-order valence-corrected chi connectivity index (χ4v) is 16.0. The number of hydrogen-bond acceptors (Lipinski definition) is 3. The van der Waals surface area contributed by atoms with Crippen LogP contribution in [0.15, 0.2) is 56.6 Å². The summed E-state index contributed by atoms with van der Waals surface area (Å²) in [6.45, 7) is 14.3. The number of anilines is 2. The third kappa shape index (κ3) is 9.13. The number of benzene rings is 2. The van der Waals surface area contributed by atoms with Crippen molar-refractivity contribution >= 4 is 76.4 Å². The van der Waals surface area contributed by atoms with Gasteiger partial charge in [0.15, 0.2) is 0 Å². The second kappa shape index (κ2) is 19.4. The molecule has 7 rings (SSSR count). The molecule has 0 radical (unpaired) electrons. The van der Waals surface area contributed by atoms with Gasteiger partial charge in [-0.05, 0) is 169 Å². The number of allylic oxidation sites excluding steroid dienone is 2. The number of rotatable bonds is 6. The van der Waals surface area contributed by atoms with Gasteiger partial charge < -0.3 is 4.90 Å². The monoisotopic (exact) mass is 1010 g/mol. The van der Waals surface area contributed by atoms with E-state index in [1.54, 1.807) is 0 Å². The zero-order valence-corrected chi connectivity index (χ0v) is 40.3. The average Bonchev–Trinajstić information content (AvgIpc) is 3.65. The van der Waals surface area contributed by atoms with Gasteiger partial charge in [0.1, 0.15) is 15.0 Å². The van der Waals surface area contributed by atoms with Crippen LogP contribution in [0.5, 0.6) is 0 Å². The van der Waals surface area contributed by atoms with Crippen molar-refractivity contribution in [1.29, 1.82) is 0 Å². The molecule has 3 aliphatic carbocycles. The summed E-state index contributed by atoms with van der Waals surface area (Å²) in [5.41, 5.74) is 15.3. The molecule has 0 spiro atoms. The van der Waals surface area contributed by atoms with E-state index in [1.807, 2.05) is 0 Å². The Balaban J connectivity index is 0.00000160. The van der Waals surface area contributed by atoms with Crippen LogP contribution in [0.2, 0.25) is 0 Å². The van der Waals surface area contributed by atoms with Gasteiger partial charge >= 0.3 is 34.5 Å². The van der Waals surface area contributed by atoms with Crippen molar-refractivity contribution in [3.63, 3.8) is 0 Å². The average molecular weight is 1010 g/mol. The summed E-state index contributed by atoms with van der Waals surface area (Å²) in [6, 6.07) is 9.33. The molecule has 1 saturated heterocycles. The molecule has 2 heterocycles. The van der Waals surface area contributed by atoms with Gasteiger partial charge in [0.2, 0.25) is 5.91 Å². The molecule has 2 aliphatic heterocycles. The van der Waals surface area contributed by atoms with Crippen molar-refractivity contribution in [3.05, 3.63) is 90.0 Å². The maximum absolute atomic E-state index is 13.5. The van der Waals surface area contributed by atoms with Crippen LogP contribution >= 0.6 is 59.2 Å². The Bertz CT molecular complexity index is 1660. The Morgan fingerprint density at radius 1 is 0.667 bits per heavy atom. The minimum absolute atomic E-state index is 0.237. The van der Waals surface area contributed by atoms with E-state index >= 15 is 0 Å². The molecular formula is C44H58Br2Cl2N3OPRu. The van der Waals surface area contributed by atoms with Crippen molar-refractivity contribution in [1.82, 2.24) is 4.90 Å². The Kier molecular flexibility index (Phi) is 15.4. The molecule has 10 heteroatoms.